The lowest BCUT2D eigenvalue weighted by molar-refractivity contribution is -0.150. The number of rotatable bonds is 3. The zero-order valence-corrected chi connectivity index (χ0v) is 14.3. The molecule has 1 amide bonds. The van der Waals surface area contributed by atoms with Gasteiger partial charge in [-0.3, -0.25) is 4.79 Å². The summed E-state index contributed by atoms with van der Waals surface area (Å²) in [6.45, 7) is 1.12. The third kappa shape index (κ3) is 3.17. The van der Waals surface area contributed by atoms with E-state index in [1.54, 1.807) is 7.05 Å². The molecule has 0 N–H and O–H groups in total. The Morgan fingerprint density at radius 1 is 1.33 bits per heavy atom. The van der Waals surface area contributed by atoms with Gasteiger partial charge in [0.05, 0.1) is 26.1 Å². The molecule has 1 atom stereocenters. The van der Waals surface area contributed by atoms with Crippen molar-refractivity contribution in [1.82, 2.24) is 18.8 Å². The van der Waals surface area contributed by atoms with Crippen molar-refractivity contribution in [1.29, 1.82) is 0 Å². The van der Waals surface area contributed by atoms with Gasteiger partial charge < -0.3 is 14.2 Å². The molecular weight excluding hydrogens is 339 g/mol. The summed E-state index contributed by atoms with van der Waals surface area (Å²) >= 11 is 0. The molecular formula is C14H21FN4O4S. The number of morpholine rings is 1. The van der Waals surface area contributed by atoms with E-state index in [2.05, 4.69) is 4.98 Å². The third-order valence-corrected chi connectivity index (χ3v) is 6.11. The highest BCUT2D eigenvalue weighted by atomic mass is 32.2. The standard InChI is InChI=1S/C14H21FN4O4S/c1-17-9-12(16-11-17)24(21,22)19-4-2-3-14(15,10-19)13(20)18-5-7-23-8-6-18/h9,11H,2-8,10H2,1H3. The molecule has 2 fully saturated rings. The van der Waals surface area contributed by atoms with Crippen LogP contribution in [0, 0.1) is 0 Å². The van der Waals surface area contributed by atoms with Gasteiger partial charge in [0.1, 0.15) is 0 Å². The number of carbonyl (C=O) groups excluding carboxylic acids is 1. The molecule has 8 nitrogen and oxygen atoms in total. The highest BCUT2D eigenvalue weighted by molar-refractivity contribution is 7.89. The number of aryl methyl sites for hydroxylation is 1. The van der Waals surface area contributed by atoms with Crippen molar-refractivity contribution in [2.75, 3.05) is 39.4 Å². The van der Waals surface area contributed by atoms with Crippen molar-refractivity contribution >= 4 is 15.9 Å². The predicted octanol–water partition coefficient (Wildman–Crippen LogP) is -0.228. The number of carbonyl (C=O) groups is 1. The van der Waals surface area contributed by atoms with Crippen molar-refractivity contribution in [3.63, 3.8) is 0 Å². The number of alkyl halides is 1. The van der Waals surface area contributed by atoms with Crippen LogP contribution in [0.25, 0.3) is 0 Å². The van der Waals surface area contributed by atoms with Crippen LogP contribution in [0.1, 0.15) is 12.8 Å². The molecule has 0 saturated carbocycles. The second kappa shape index (κ2) is 6.41. The van der Waals surface area contributed by atoms with Crippen molar-refractivity contribution < 1.29 is 22.3 Å². The van der Waals surface area contributed by atoms with Gasteiger partial charge >= 0.3 is 0 Å². The molecule has 0 bridgehead atoms. The Hall–Kier alpha value is -1.52. The number of ether oxygens (including phenoxy) is 1. The molecule has 3 heterocycles. The summed E-state index contributed by atoms with van der Waals surface area (Å²) in [5.41, 5.74) is -2.20. The first-order valence-corrected chi connectivity index (χ1v) is 9.31. The molecule has 1 unspecified atom stereocenters. The summed E-state index contributed by atoms with van der Waals surface area (Å²) in [7, 11) is -2.25. The quantitative estimate of drug-likeness (QED) is 0.744. The normalized spacial score (nSPS) is 26.5. The highest BCUT2D eigenvalue weighted by Gasteiger charge is 2.48. The van der Waals surface area contributed by atoms with E-state index in [4.69, 9.17) is 4.74 Å². The third-order valence-electron chi connectivity index (χ3n) is 4.37. The molecule has 10 heteroatoms. The van der Waals surface area contributed by atoms with E-state index in [9.17, 15) is 13.2 Å². The summed E-state index contributed by atoms with van der Waals surface area (Å²) in [5.74, 6) is -0.647. The Bertz CT molecular complexity index is 716. The lowest BCUT2D eigenvalue weighted by atomic mass is 9.94. The first-order valence-electron chi connectivity index (χ1n) is 7.87. The predicted molar refractivity (Wildman–Crippen MR) is 82.4 cm³/mol. The van der Waals surface area contributed by atoms with Crippen LogP contribution >= 0.6 is 0 Å². The Labute approximate surface area is 140 Å². The van der Waals surface area contributed by atoms with Gasteiger partial charge in [-0.05, 0) is 12.8 Å². The van der Waals surface area contributed by atoms with Crippen molar-refractivity contribution in [3.05, 3.63) is 12.5 Å². The zero-order chi connectivity index (χ0) is 17.4. The second-order valence-corrected chi connectivity index (χ2v) is 8.07. The van der Waals surface area contributed by atoms with Gasteiger partial charge in [0, 0.05) is 32.9 Å². The van der Waals surface area contributed by atoms with Gasteiger partial charge in [0.15, 0.2) is 5.03 Å². The fraction of sp³-hybridized carbons (Fsp3) is 0.714. The van der Waals surface area contributed by atoms with E-state index < -0.39 is 28.1 Å². The topological polar surface area (TPSA) is 84.7 Å². The summed E-state index contributed by atoms with van der Waals surface area (Å²) in [6.07, 6.45) is 3.06. The fourth-order valence-electron chi connectivity index (χ4n) is 3.06. The Balaban J connectivity index is 1.79. The number of hydrogen-bond donors (Lipinski definition) is 0. The zero-order valence-electron chi connectivity index (χ0n) is 13.5. The van der Waals surface area contributed by atoms with Crippen LogP contribution in [0.3, 0.4) is 0 Å². The van der Waals surface area contributed by atoms with E-state index in [1.807, 2.05) is 0 Å². The fourth-order valence-corrected chi connectivity index (χ4v) is 4.55. The van der Waals surface area contributed by atoms with Gasteiger partial charge in [-0.25, -0.2) is 17.8 Å². The summed E-state index contributed by atoms with van der Waals surface area (Å²) in [6, 6.07) is 0. The maximum Gasteiger partial charge on any atom is 0.262 e. The van der Waals surface area contributed by atoms with Gasteiger partial charge in [-0.15, -0.1) is 0 Å². The first-order chi connectivity index (χ1) is 11.3. The van der Waals surface area contributed by atoms with Crippen LogP contribution in [-0.4, -0.2) is 78.1 Å². The summed E-state index contributed by atoms with van der Waals surface area (Å²) in [4.78, 5) is 17.8. The van der Waals surface area contributed by atoms with Crippen molar-refractivity contribution in [2.45, 2.75) is 23.5 Å². The molecule has 2 saturated heterocycles. The van der Waals surface area contributed by atoms with Crippen molar-refractivity contribution in [2.24, 2.45) is 7.05 Å². The van der Waals surface area contributed by atoms with E-state index in [-0.39, 0.29) is 18.0 Å². The highest BCUT2D eigenvalue weighted by Crippen LogP contribution is 2.31. The molecule has 0 aliphatic carbocycles. The largest absolute Gasteiger partial charge is 0.378 e. The average Bonchev–Trinajstić information content (AvgIpc) is 3.02. The second-order valence-electron chi connectivity index (χ2n) is 6.19. The summed E-state index contributed by atoms with van der Waals surface area (Å²) in [5, 5.41) is -0.131. The smallest absolute Gasteiger partial charge is 0.262 e. The van der Waals surface area contributed by atoms with Gasteiger partial charge in [0.2, 0.25) is 5.67 Å². The monoisotopic (exact) mass is 360 g/mol. The molecule has 0 aromatic carbocycles. The molecule has 1 aromatic rings. The van der Waals surface area contributed by atoms with Crippen LogP contribution in [0.4, 0.5) is 4.39 Å². The number of nitrogens with zero attached hydrogens (tertiary/aromatic N) is 4. The first kappa shape index (κ1) is 17.3. The molecule has 2 aliphatic rings. The number of piperidine rings is 1. The SMILES string of the molecule is Cn1cnc(S(=O)(=O)N2CCCC(F)(C(=O)N3CCOCC3)C2)c1. The van der Waals surface area contributed by atoms with E-state index >= 15 is 4.39 Å². The molecule has 24 heavy (non-hydrogen) atoms. The number of aromatic nitrogens is 2. The number of amides is 1. The molecule has 134 valence electrons. The lowest BCUT2D eigenvalue weighted by Gasteiger charge is -2.39. The lowest BCUT2D eigenvalue weighted by Crippen LogP contribution is -2.58. The van der Waals surface area contributed by atoms with E-state index in [0.29, 0.717) is 32.7 Å². The Morgan fingerprint density at radius 3 is 2.67 bits per heavy atom. The minimum Gasteiger partial charge on any atom is -0.378 e. The maximum atomic E-state index is 15.3. The van der Waals surface area contributed by atoms with Crippen LogP contribution in [-0.2, 0) is 26.6 Å². The van der Waals surface area contributed by atoms with E-state index in [1.165, 1.54) is 22.0 Å². The average molecular weight is 360 g/mol. The number of hydrogen-bond acceptors (Lipinski definition) is 5. The molecule has 0 radical (unpaired) electrons. The number of imidazole rings is 1. The molecule has 1 aromatic heterocycles. The van der Waals surface area contributed by atoms with E-state index in [0.717, 1.165) is 4.31 Å². The number of sulfonamides is 1. The Morgan fingerprint density at radius 2 is 2.04 bits per heavy atom. The molecule has 3 rings (SSSR count). The van der Waals surface area contributed by atoms with Crippen LogP contribution in [0.15, 0.2) is 17.6 Å². The minimum atomic E-state index is -3.91. The van der Waals surface area contributed by atoms with Crippen LogP contribution in [0.5, 0.6) is 0 Å². The maximum absolute atomic E-state index is 15.3. The number of halogens is 1. The van der Waals surface area contributed by atoms with Crippen molar-refractivity contribution in [3.8, 4) is 0 Å². The van der Waals surface area contributed by atoms with Gasteiger partial charge in [-0.1, -0.05) is 0 Å². The van der Waals surface area contributed by atoms with Gasteiger partial charge in [0.25, 0.3) is 15.9 Å². The van der Waals surface area contributed by atoms with Crippen LogP contribution < -0.4 is 0 Å². The molecule has 0 spiro atoms. The Kier molecular flexibility index (Phi) is 4.63. The summed E-state index contributed by atoms with van der Waals surface area (Å²) < 4.78 is 48.2. The minimum absolute atomic E-state index is 0.0252. The van der Waals surface area contributed by atoms with Gasteiger partial charge in [-0.2, -0.15) is 4.31 Å². The molecule has 2 aliphatic heterocycles. The van der Waals surface area contributed by atoms with Crippen LogP contribution in [0.2, 0.25) is 0 Å².